The molecular weight excluding hydrogens is 613 g/mol. The maximum Gasteiger partial charge on any atom is 0.416 e. The van der Waals surface area contributed by atoms with Crippen molar-refractivity contribution in [3.8, 4) is 11.3 Å². The second kappa shape index (κ2) is 12.9. The van der Waals surface area contributed by atoms with Crippen LogP contribution >= 0.6 is 0 Å². The summed E-state index contributed by atoms with van der Waals surface area (Å²) in [7, 11) is 0. The lowest BCUT2D eigenvalue weighted by Gasteiger charge is -2.31. The minimum absolute atomic E-state index is 0.000344. The molecule has 2 aliphatic rings. The van der Waals surface area contributed by atoms with Gasteiger partial charge in [0.05, 0.1) is 29.1 Å². The van der Waals surface area contributed by atoms with E-state index in [9.17, 15) is 27.6 Å². The van der Waals surface area contributed by atoms with Gasteiger partial charge in [-0.05, 0) is 56.4 Å². The molecule has 6 rings (SSSR count). The monoisotopic (exact) mass is 646 g/mol. The van der Waals surface area contributed by atoms with Crippen LogP contribution < -0.4 is 16.4 Å². The Balaban J connectivity index is 1.36. The molecule has 1 fully saturated rings. The van der Waals surface area contributed by atoms with Gasteiger partial charge < -0.3 is 21.3 Å². The minimum Gasteiger partial charge on any atom is -0.383 e. The van der Waals surface area contributed by atoms with Crippen LogP contribution in [0.1, 0.15) is 66.6 Å². The van der Waals surface area contributed by atoms with Crippen LogP contribution in [0.5, 0.6) is 0 Å². The van der Waals surface area contributed by atoms with E-state index in [-0.39, 0.29) is 47.6 Å². The molecule has 47 heavy (non-hydrogen) atoms. The maximum absolute atomic E-state index is 13.1. The number of pyridine rings is 2. The molecule has 0 unspecified atom stereocenters. The summed E-state index contributed by atoms with van der Waals surface area (Å²) in [6.07, 6.45) is 5.63. The summed E-state index contributed by atoms with van der Waals surface area (Å²) in [5.41, 5.74) is 8.58. The van der Waals surface area contributed by atoms with Gasteiger partial charge in [-0.3, -0.25) is 19.1 Å². The Kier molecular flexibility index (Phi) is 8.67. The van der Waals surface area contributed by atoms with E-state index in [0.717, 1.165) is 48.7 Å². The largest absolute Gasteiger partial charge is 0.416 e. The van der Waals surface area contributed by atoms with Gasteiger partial charge >= 0.3 is 6.18 Å². The summed E-state index contributed by atoms with van der Waals surface area (Å²) in [5, 5.41) is 11.2. The van der Waals surface area contributed by atoms with Crippen molar-refractivity contribution in [1.82, 2.24) is 30.0 Å². The zero-order chi connectivity index (χ0) is 33.3. The molecule has 1 aliphatic heterocycles. The highest BCUT2D eigenvalue weighted by atomic mass is 19.4. The highest BCUT2D eigenvalue weighted by Crippen LogP contribution is 2.39. The first-order valence-electron chi connectivity index (χ1n) is 15.3. The molecule has 0 spiro atoms. The molecule has 3 aromatic heterocycles. The van der Waals surface area contributed by atoms with Gasteiger partial charge in [-0.2, -0.15) is 18.3 Å². The van der Waals surface area contributed by atoms with E-state index in [1.165, 1.54) is 11.8 Å². The predicted molar refractivity (Wildman–Crippen MR) is 170 cm³/mol. The van der Waals surface area contributed by atoms with Crippen molar-refractivity contribution in [3.63, 3.8) is 0 Å². The van der Waals surface area contributed by atoms with Crippen LogP contribution in [0, 0.1) is 0 Å². The molecule has 14 heteroatoms. The normalized spacial score (nSPS) is 19.5. The average Bonchev–Trinajstić information content (AvgIpc) is 3.45. The molecule has 4 heterocycles. The Morgan fingerprint density at radius 3 is 2.64 bits per heavy atom. The summed E-state index contributed by atoms with van der Waals surface area (Å²) in [5.74, 6) is -0.926. The SMILES string of the molecule is CC(=O)N1CC/C=C/c2cnc(N)c3c(-c4ccc(C(=O)Nc5cc(C(F)(F)F)ccn5)cc4)nn(c23)[C@@H]2CCC[C@H](C2)NC(=O)C1. The van der Waals surface area contributed by atoms with Gasteiger partial charge in [0.25, 0.3) is 5.91 Å². The lowest BCUT2D eigenvalue weighted by molar-refractivity contribution is -0.137. The van der Waals surface area contributed by atoms with Crippen LogP contribution in [0.3, 0.4) is 0 Å². The number of nitrogen functional groups attached to an aromatic ring is 1. The van der Waals surface area contributed by atoms with Crippen LogP contribution in [0.25, 0.3) is 28.2 Å². The number of nitrogens with one attached hydrogen (secondary N) is 2. The fourth-order valence-electron chi connectivity index (χ4n) is 6.20. The molecule has 4 N–H and O–H groups in total. The second-order valence-corrected chi connectivity index (χ2v) is 11.8. The minimum atomic E-state index is -4.57. The number of carbonyl (C=O) groups is 3. The average molecular weight is 647 g/mol. The zero-order valence-electron chi connectivity index (χ0n) is 25.6. The van der Waals surface area contributed by atoms with E-state index in [4.69, 9.17) is 10.8 Å². The fourth-order valence-corrected chi connectivity index (χ4v) is 6.20. The number of benzene rings is 1. The van der Waals surface area contributed by atoms with Crippen molar-refractivity contribution in [2.24, 2.45) is 0 Å². The van der Waals surface area contributed by atoms with Crippen LogP contribution in [0.15, 0.2) is 54.9 Å². The summed E-state index contributed by atoms with van der Waals surface area (Å²) in [6.45, 7) is 1.84. The molecule has 11 nitrogen and oxygen atoms in total. The number of anilines is 2. The van der Waals surface area contributed by atoms with Crippen molar-refractivity contribution in [3.05, 3.63) is 71.6 Å². The number of nitrogens with zero attached hydrogens (tertiary/aromatic N) is 5. The molecule has 1 aliphatic carbocycles. The van der Waals surface area contributed by atoms with Gasteiger partial charge in [-0.1, -0.05) is 24.3 Å². The molecule has 4 aromatic rings. The first-order valence-corrected chi connectivity index (χ1v) is 15.3. The van der Waals surface area contributed by atoms with Crippen molar-refractivity contribution in [1.29, 1.82) is 0 Å². The van der Waals surface area contributed by atoms with Gasteiger partial charge in [0, 0.05) is 48.6 Å². The lowest BCUT2D eigenvalue weighted by atomic mass is 9.90. The number of alkyl halides is 3. The van der Waals surface area contributed by atoms with Crippen molar-refractivity contribution in [2.45, 2.75) is 57.3 Å². The molecule has 3 amide bonds. The number of fused-ring (bicyclic) bond motifs is 3. The highest BCUT2D eigenvalue weighted by Gasteiger charge is 2.31. The predicted octanol–water partition coefficient (Wildman–Crippen LogP) is 5.21. The molecule has 244 valence electrons. The highest BCUT2D eigenvalue weighted by molar-refractivity contribution is 6.06. The van der Waals surface area contributed by atoms with Gasteiger partial charge in [0.15, 0.2) is 0 Å². The third-order valence-corrected chi connectivity index (χ3v) is 8.53. The third-order valence-electron chi connectivity index (χ3n) is 8.53. The van der Waals surface area contributed by atoms with E-state index < -0.39 is 17.6 Å². The molecule has 2 bridgehead atoms. The Bertz CT molecular complexity index is 1870. The van der Waals surface area contributed by atoms with E-state index in [1.807, 2.05) is 16.8 Å². The second-order valence-electron chi connectivity index (χ2n) is 11.8. The zero-order valence-corrected chi connectivity index (χ0v) is 25.6. The van der Waals surface area contributed by atoms with Gasteiger partial charge in [0.1, 0.15) is 17.3 Å². The topological polar surface area (TPSA) is 148 Å². The van der Waals surface area contributed by atoms with E-state index >= 15 is 0 Å². The standard InChI is InChI=1S/C33H33F3N8O3/c1-19(45)43-14-3-2-5-22-17-39-31(37)28-29(42-44(30(22)28)25-7-4-6-24(16-25)40-27(46)18-43)20-8-10-21(11-9-20)32(47)41-26-15-23(12-13-38-26)33(34,35)36/h2,5,8-13,15,17,24-25H,3-4,6-7,14,16,18H2,1H3,(H2,37,39)(H,40,46)(H,38,41,47)/b5-2+/t24-,25-/m1/s1. The number of amides is 3. The first kappa shape index (κ1) is 31.7. The molecule has 1 aromatic carbocycles. The van der Waals surface area contributed by atoms with E-state index in [0.29, 0.717) is 36.0 Å². The van der Waals surface area contributed by atoms with Crippen LogP contribution in [0.2, 0.25) is 0 Å². The first-order chi connectivity index (χ1) is 22.5. The molecule has 2 atom stereocenters. The smallest absolute Gasteiger partial charge is 0.383 e. The van der Waals surface area contributed by atoms with Crippen molar-refractivity contribution in [2.75, 3.05) is 24.1 Å². The van der Waals surface area contributed by atoms with E-state index in [1.54, 1.807) is 30.5 Å². The Labute approximate surface area is 268 Å². The number of halogens is 3. The Morgan fingerprint density at radius 2 is 1.89 bits per heavy atom. The third kappa shape index (κ3) is 6.81. The lowest BCUT2D eigenvalue weighted by Crippen LogP contribution is -2.45. The van der Waals surface area contributed by atoms with Crippen LogP contribution in [0.4, 0.5) is 24.8 Å². The van der Waals surface area contributed by atoms with Gasteiger partial charge in [0.2, 0.25) is 11.8 Å². The fraction of sp³-hybridized carbons (Fsp3) is 0.333. The summed E-state index contributed by atoms with van der Waals surface area (Å²) >= 11 is 0. The Morgan fingerprint density at radius 1 is 1.11 bits per heavy atom. The number of rotatable bonds is 3. The van der Waals surface area contributed by atoms with E-state index in [2.05, 4.69) is 20.6 Å². The molecule has 0 saturated heterocycles. The maximum atomic E-state index is 13.1. The number of nitrogens with two attached hydrogens (primary N) is 1. The molecule has 0 radical (unpaired) electrons. The Hall–Kier alpha value is -5.27. The molecule has 1 saturated carbocycles. The van der Waals surface area contributed by atoms with Crippen molar-refractivity contribution >= 4 is 46.3 Å². The summed E-state index contributed by atoms with van der Waals surface area (Å²) < 4.78 is 41.3. The summed E-state index contributed by atoms with van der Waals surface area (Å²) in [6, 6.07) is 7.96. The number of hydrogen-bond acceptors (Lipinski definition) is 7. The van der Waals surface area contributed by atoms with Gasteiger partial charge in [-0.25, -0.2) is 9.97 Å². The summed E-state index contributed by atoms with van der Waals surface area (Å²) in [4.78, 5) is 47.8. The van der Waals surface area contributed by atoms with Crippen LogP contribution in [-0.4, -0.2) is 61.5 Å². The van der Waals surface area contributed by atoms with Crippen LogP contribution in [-0.2, 0) is 15.8 Å². The van der Waals surface area contributed by atoms with Gasteiger partial charge in [-0.15, -0.1) is 0 Å². The van der Waals surface area contributed by atoms with Crippen molar-refractivity contribution < 1.29 is 27.6 Å². The quantitative estimate of drug-likeness (QED) is 0.277. The number of hydrogen-bond donors (Lipinski definition) is 3. The number of carbonyl (C=O) groups excluding carboxylic acids is 3. The molecular formula is C33H33F3N8O3. The number of aromatic nitrogens is 4.